The van der Waals surface area contributed by atoms with E-state index in [1.807, 2.05) is 13.8 Å². The van der Waals surface area contributed by atoms with Crippen molar-refractivity contribution in [1.82, 2.24) is 5.20 Å². The third-order valence-corrected chi connectivity index (χ3v) is 7.42. The highest BCUT2D eigenvalue weighted by molar-refractivity contribution is 9.11. The molecule has 0 bridgehead atoms. The van der Waals surface area contributed by atoms with Gasteiger partial charge in [-0.05, 0) is 60.8 Å². The van der Waals surface area contributed by atoms with Gasteiger partial charge in [-0.25, -0.2) is 5.20 Å². The molecule has 1 aromatic heterocycles. The van der Waals surface area contributed by atoms with E-state index in [0.717, 1.165) is 17.7 Å². The number of hydrazone groups is 1. The topological polar surface area (TPSA) is 86.0 Å². The fraction of sp³-hybridized carbons (Fsp3) is 0.583. The predicted octanol–water partition coefficient (Wildman–Crippen LogP) is 4.35. The number of aryl methyl sites for hydroxylation is 1. The summed E-state index contributed by atoms with van der Waals surface area (Å²) in [6.07, 6.45) is 2.36. The van der Waals surface area contributed by atoms with E-state index in [-0.39, 0.29) is 10.6 Å². The van der Waals surface area contributed by atoms with Crippen molar-refractivity contribution in [1.29, 1.82) is 0 Å². The van der Waals surface area contributed by atoms with E-state index < -0.39 is 6.64 Å². The maximum Gasteiger partial charge on any atom is 0.303 e. The minimum atomic E-state index is -2.71. The number of fused-ring (bicyclic) bond motifs is 1. The first kappa shape index (κ1) is 19.0. The maximum absolute atomic E-state index is 11.4. The van der Waals surface area contributed by atoms with Crippen LogP contribution in [-0.2, 0) is 27.3 Å². The summed E-state index contributed by atoms with van der Waals surface area (Å²) in [5, 5.41) is 18.5. The van der Waals surface area contributed by atoms with Crippen LogP contribution in [0.15, 0.2) is 8.89 Å². The van der Waals surface area contributed by atoms with Gasteiger partial charge in [-0.1, -0.05) is 0 Å². The van der Waals surface area contributed by atoms with E-state index in [4.69, 9.17) is 20.9 Å². The van der Waals surface area contributed by atoms with E-state index in [2.05, 4.69) is 26.2 Å². The first-order valence-corrected chi connectivity index (χ1v) is 11.4. The maximum atomic E-state index is 11.4. The van der Waals surface area contributed by atoms with Gasteiger partial charge in [-0.2, -0.15) is 5.10 Å². The van der Waals surface area contributed by atoms with E-state index in [9.17, 15) is 10.1 Å². The summed E-state index contributed by atoms with van der Waals surface area (Å²) >= 11 is 10.0. The van der Waals surface area contributed by atoms with Gasteiger partial charge in [0, 0.05) is 4.88 Å². The van der Waals surface area contributed by atoms with Gasteiger partial charge < -0.3 is 9.05 Å². The van der Waals surface area contributed by atoms with E-state index in [0.29, 0.717) is 34.7 Å². The number of nitro groups is 1. The van der Waals surface area contributed by atoms with Crippen molar-refractivity contribution < 1.29 is 14.0 Å². The molecule has 0 saturated heterocycles. The highest BCUT2D eigenvalue weighted by Gasteiger charge is 2.32. The second kappa shape index (κ2) is 8.13. The Balaban J connectivity index is 2.36. The Hall–Kier alpha value is -0.380. The highest BCUT2D eigenvalue weighted by atomic mass is 79.9. The minimum absolute atomic E-state index is 0.0753. The molecule has 0 fully saturated rings. The molecule has 0 aromatic carbocycles. The molecule has 1 aromatic rings. The van der Waals surface area contributed by atoms with Crippen LogP contribution in [0.5, 0.6) is 0 Å². The quantitative estimate of drug-likeness (QED) is 0.384. The smallest absolute Gasteiger partial charge is 0.303 e. The number of nitrogens with one attached hydrogen (secondary N) is 1. The normalized spacial score (nSPS) is 16.4. The number of hydrogen-bond acceptors (Lipinski definition) is 7. The van der Waals surface area contributed by atoms with Gasteiger partial charge >= 0.3 is 12.3 Å². The molecule has 1 aliphatic rings. The SMILES string of the molecule is CCOP(=S)(N/N=C1/CCCc2sc(Br)c([N+](=O)[O-])c21)OCC. The summed E-state index contributed by atoms with van der Waals surface area (Å²) in [6, 6.07) is 0. The zero-order chi connectivity index (χ0) is 17.0. The van der Waals surface area contributed by atoms with Crippen LogP contribution < -0.4 is 5.20 Å². The van der Waals surface area contributed by atoms with Crippen LogP contribution in [-0.4, -0.2) is 23.8 Å². The van der Waals surface area contributed by atoms with Crippen LogP contribution in [0.2, 0.25) is 0 Å². The van der Waals surface area contributed by atoms with Gasteiger partial charge in [-0.3, -0.25) is 10.1 Å². The van der Waals surface area contributed by atoms with E-state index in [1.165, 1.54) is 11.3 Å². The lowest BCUT2D eigenvalue weighted by molar-refractivity contribution is -0.385. The second-order valence-corrected chi connectivity index (χ2v) is 10.2. The first-order valence-electron chi connectivity index (χ1n) is 7.10. The Bertz CT molecular complexity index is 670. The molecule has 1 heterocycles. The molecule has 0 atom stereocenters. The third kappa shape index (κ3) is 4.37. The highest BCUT2D eigenvalue weighted by Crippen LogP contribution is 2.45. The Morgan fingerprint density at radius 1 is 1.43 bits per heavy atom. The van der Waals surface area contributed by atoms with Crippen LogP contribution in [0.1, 0.15) is 37.1 Å². The van der Waals surface area contributed by atoms with Crippen LogP contribution in [0, 0.1) is 10.1 Å². The lowest BCUT2D eigenvalue weighted by atomic mass is 9.96. The van der Waals surface area contributed by atoms with Crippen molar-refractivity contribution in [3.63, 3.8) is 0 Å². The molecule has 0 aliphatic heterocycles. The molecule has 1 aliphatic carbocycles. The molecule has 1 N–H and O–H groups in total. The molecule has 23 heavy (non-hydrogen) atoms. The average Bonchev–Trinajstić information content (AvgIpc) is 2.82. The van der Waals surface area contributed by atoms with Gasteiger partial charge in [-0.15, -0.1) is 11.3 Å². The van der Waals surface area contributed by atoms with Gasteiger partial charge in [0.15, 0.2) is 0 Å². The summed E-state index contributed by atoms with van der Waals surface area (Å²) in [5.74, 6) is 0. The average molecular weight is 442 g/mol. The van der Waals surface area contributed by atoms with Gasteiger partial charge in [0.2, 0.25) is 0 Å². The number of nitrogens with zero attached hydrogens (tertiary/aromatic N) is 2. The van der Waals surface area contributed by atoms with Gasteiger partial charge in [0.1, 0.15) is 3.79 Å². The molecule has 0 amide bonds. The predicted molar refractivity (Wildman–Crippen MR) is 98.8 cm³/mol. The summed E-state index contributed by atoms with van der Waals surface area (Å²) in [6.45, 7) is 1.76. The Morgan fingerprint density at radius 3 is 2.65 bits per heavy atom. The molecular weight excluding hydrogens is 425 g/mol. The number of hydrogen-bond donors (Lipinski definition) is 1. The van der Waals surface area contributed by atoms with Crippen LogP contribution in [0.3, 0.4) is 0 Å². The van der Waals surface area contributed by atoms with Crippen molar-refractivity contribution in [3.05, 3.63) is 24.3 Å². The van der Waals surface area contributed by atoms with Crippen LogP contribution in [0.25, 0.3) is 0 Å². The Labute approximate surface area is 151 Å². The zero-order valence-corrected chi connectivity index (χ0v) is 16.8. The summed E-state index contributed by atoms with van der Waals surface area (Å²) in [5.41, 5.74) is 1.31. The van der Waals surface area contributed by atoms with Crippen molar-refractivity contribution in [2.24, 2.45) is 5.10 Å². The van der Waals surface area contributed by atoms with E-state index in [1.54, 1.807) is 0 Å². The molecule has 0 saturated carbocycles. The summed E-state index contributed by atoms with van der Waals surface area (Å²) in [7, 11) is 0. The minimum Gasteiger partial charge on any atom is -0.313 e. The molecular formula is C12H17BrN3O4PS2. The fourth-order valence-corrected chi connectivity index (χ4v) is 6.13. The molecule has 7 nitrogen and oxygen atoms in total. The molecule has 128 valence electrons. The Morgan fingerprint density at radius 2 is 2.09 bits per heavy atom. The van der Waals surface area contributed by atoms with Crippen molar-refractivity contribution in [2.45, 2.75) is 33.1 Å². The number of rotatable bonds is 7. The lowest BCUT2D eigenvalue weighted by Gasteiger charge is -2.21. The van der Waals surface area contributed by atoms with Crippen LogP contribution in [0.4, 0.5) is 5.69 Å². The molecule has 0 radical (unpaired) electrons. The molecule has 2 rings (SSSR count). The summed E-state index contributed by atoms with van der Waals surface area (Å²) < 4.78 is 11.5. The van der Waals surface area contributed by atoms with E-state index >= 15 is 0 Å². The summed E-state index contributed by atoms with van der Waals surface area (Å²) in [4.78, 5) is 11.9. The van der Waals surface area contributed by atoms with Crippen LogP contribution >= 0.6 is 33.9 Å². The number of halogens is 1. The number of thiophene rings is 1. The second-order valence-electron chi connectivity index (χ2n) is 4.62. The van der Waals surface area contributed by atoms with Gasteiger partial charge in [0.05, 0.1) is 29.4 Å². The van der Waals surface area contributed by atoms with Crippen molar-refractivity contribution >= 4 is 57.1 Å². The first-order chi connectivity index (χ1) is 10.9. The largest absolute Gasteiger partial charge is 0.313 e. The monoisotopic (exact) mass is 441 g/mol. The standard InChI is InChI=1S/C12H17BrN3O4PS2/c1-3-19-21(22,20-4-2)15-14-8-6-5-7-9-10(8)11(16(17)18)12(13)23-9/h3-7H2,1-2H3,(H,15,22)/b14-8-. The molecule has 11 heteroatoms. The lowest BCUT2D eigenvalue weighted by Crippen LogP contribution is -2.17. The molecule has 0 spiro atoms. The van der Waals surface area contributed by atoms with Crippen molar-refractivity contribution in [2.75, 3.05) is 13.2 Å². The van der Waals surface area contributed by atoms with Crippen molar-refractivity contribution in [3.8, 4) is 0 Å². The van der Waals surface area contributed by atoms with Gasteiger partial charge in [0.25, 0.3) is 0 Å². The third-order valence-electron chi connectivity index (χ3n) is 3.11. The molecule has 0 unspecified atom stereocenters. The Kier molecular flexibility index (Phi) is 6.70. The fourth-order valence-electron chi connectivity index (χ4n) is 2.28. The zero-order valence-electron chi connectivity index (χ0n) is 12.7.